The van der Waals surface area contributed by atoms with Crippen LogP contribution >= 0.6 is 0 Å². The number of alkyl carbamates (subject to hydrolysis) is 1. The number of hydrogen-bond acceptors (Lipinski definition) is 4. The maximum Gasteiger partial charge on any atom is 0.407 e. The number of hydrogen-bond donors (Lipinski definition) is 2. The topological polar surface area (TPSA) is 70.7 Å². The van der Waals surface area contributed by atoms with Crippen LogP contribution in [0.3, 0.4) is 0 Å². The number of likely N-dealkylation sites (N-methyl/N-ethyl adjacent to an activating group) is 1. The molecule has 3 atom stereocenters. The van der Waals surface area contributed by atoms with Crippen LogP contribution in [0.25, 0.3) is 0 Å². The van der Waals surface area contributed by atoms with Crippen molar-refractivity contribution in [1.29, 1.82) is 0 Å². The van der Waals surface area contributed by atoms with E-state index in [4.69, 9.17) is 4.74 Å². The van der Waals surface area contributed by atoms with Crippen LogP contribution in [-0.2, 0) is 9.53 Å². The van der Waals surface area contributed by atoms with Gasteiger partial charge in [0.1, 0.15) is 5.60 Å². The maximum absolute atomic E-state index is 11.9. The number of amides is 2. The summed E-state index contributed by atoms with van der Waals surface area (Å²) < 4.78 is 5.27. The average Bonchev–Trinajstić information content (AvgIpc) is 2.89. The van der Waals surface area contributed by atoms with Crippen molar-refractivity contribution in [3.05, 3.63) is 0 Å². The standard InChI is InChI=1S/C15H27N3O3/c1-15(2,3)21-14(20)17-11-6-5-10(9-11)16-12-7-8-18(4)13(12)19/h10-12,16H,5-9H2,1-4H3,(H,17,20). The van der Waals surface area contributed by atoms with Gasteiger partial charge in [0.2, 0.25) is 5.91 Å². The molecule has 2 fully saturated rings. The molecule has 2 N–H and O–H groups in total. The molecule has 21 heavy (non-hydrogen) atoms. The summed E-state index contributed by atoms with van der Waals surface area (Å²) in [6.45, 7) is 6.39. The molecule has 1 aliphatic heterocycles. The van der Waals surface area contributed by atoms with E-state index < -0.39 is 5.60 Å². The van der Waals surface area contributed by atoms with E-state index >= 15 is 0 Å². The number of carbonyl (C=O) groups excluding carboxylic acids is 2. The van der Waals surface area contributed by atoms with E-state index in [9.17, 15) is 9.59 Å². The first-order chi connectivity index (χ1) is 9.74. The molecule has 120 valence electrons. The lowest BCUT2D eigenvalue weighted by Crippen LogP contribution is -2.43. The Hall–Kier alpha value is -1.30. The fraction of sp³-hybridized carbons (Fsp3) is 0.867. The van der Waals surface area contributed by atoms with Gasteiger partial charge in [-0.15, -0.1) is 0 Å². The van der Waals surface area contributed by atoms with Crippen LogP contribution in [0.15, 0.2) is 0 Å². The number of rotatable bonds is 3. The lowest BCUT2D eigenvalue weighted by atomic mass is 10.1. The van der Waals surface area contributed by atoms with Gasteiger partial charge in [-0.05, 0) is 46.5 Å². The van der Waals surface area contributed by atoms with Crippen molar-refractivity contribution >= 4 is 12.0 Å². The molecule has 0 radical (unpaired) electrons. The SMILES string of the molecule is CN1CCC(NC2CCC(NC(=O)OC(C)(C)C)C2)C1=O. The van der Waals surface area contributed by atoms with Gasteiger partial charge in [0.05, 0.1) is 6.04 Å². The van der Waals surface area contributed by atoms with Crippen LogP contribution in [0.4, 0.5) is 4.79 Å². The Labute approximate surface area is 126 Å². The van der Waals surface area contributed by atoms with Crippen LogP contribution in [0.1, 0.15) is 46.5 Å². The number of nitrogens with one attached hydrogen (secondary N) is 2. The van der Waals surface area contributed by atoms with Crippen molar-refractivity contribution in [1.82, 2.24) is 15.5 Å². The van der Waals surface area contributed by atoms with Gasteiger partial charge >= 0.3 is 6.09 Å². The Morgan fingerprint density at radius 3 is 2.48 bits per heavy atom. The second-order valence-electron chi connectivity index (χ2n) is 7.12. The van der Waals surface area contributed by atoms with E-state index in [1.807, 2.05) is 27.8 Å². The van der Waals surface area contributed by atoms with Crippen molar-refractivity contribution in [3.8, 4) is 0 Å². The van der Waals surface area contributed by atoms with E-state index in [0.717, 1.165) is 32.2 Å². The van der Waals surface area contributed by atoms with E-state index in [2.05, 4.69) is 10.6 Å². The molecule has 0 spiro atoms. The van der Waals surface area contributed by atoms with Crippen LogP contribution in [0.5, 0.6) is 0 Å². The first-order valence-electron chi connectivity index (χ1n) is 7.75. The highest BCUT2D eigenvalue weighted by Crippen LogP contribution is 2.22. The third-order valence-corrected chi connectivity index (χ3v) is 4.02. The Balaban J connectivity index is 1.74. The van der Waals surface area contributed by atoms with Crippen molar-refractivity contribution in [2.75, 3.05) is 13.6 Å². The molecule has 6 heteroatoms. The Morgan fingerprint density at radius 1 is 1.24 bits per heavy atom. The van der Waals surface area contributed by atoms with Gasteiger partial charge in [0.25, 0.3) is 0 Å². The quantitative estimate of drug-likeness (QED) is 0.822. The van der Waals surface area contributed by atoms with E-state index in [-0.39, 0.29) is 24.1 Å². The Morgan fingerprint density at radius 2 is 1.90 bits per heavy atom. The highest BCUT2D eigenvalue weighted by atomic mass is 16.6. The summed E-state index contributed by atoms with van der Waals surface area (Å²) in [6.07, 6.45) is 3.27. The summed E-state index contributed by atoms with van der Waals surface area (Å²) >= 11 is 0. The molecule has 1 aliphatic carbocycles. The monoisotopic (exact) mass is 297 g/mol. The first-order valence-corrected chi connectivity index (χ1v) is 7.75. The zero-order chi connectivity index (χ0) is 15.6. The zero-order valence-corrected chi connectivity index (χ0v) is 13.4. The molecular weight excluding hydrogens is 270 g/mol. The van der Waals surface area contributed by atoms with Gasteiger partial charge in [0.15, 0.2) is 0 Å². The second-order valence-corrected chi connectivity index (χ2v) is 7.12. The minimum absolute atomic E-state index is 0.0553. The molecule has 2 rings (SSSR count). The van der Waals surface area contributed by atoms with E-state index in [0.29, 0.717) is 6.04 Å². The summed E-state index contributed by atoms with van der Waals surface area (Å²) in [5, 5.41) is 6.34. The normalized spacial score (nSPS) is 29.8. The Kier molecular flexibility index (Phi) is 4.76. The molecule has 0 aromatic rings. The molecular formula is C15H27N3O3. The molecule has 1 saturated heterocycles. The van der Waals surface area contributed by atoms with Crippen LogP contribution in [-0.4, -0.2) is 54.2 Å². The number of carbonyl (C=O) groups is 2. The third-order valence-electron chi connectivity index (χ3n) is 4.02. The fourth-order valence-electron chi connectivity index (χ4n) is 3.00. The molecule has 1 heterocycles. The van der Waals surface area contributed by atoms with Gasteiger partial charge in [0, 0.05) is 25.7 Å². The maximum atomic E-state index is 11.9. The fourth-order valence-corrected chi connectivity index (χ4v) is 3.00. The summed E-state index contributed by atoms with van der Waals surface area (Å²) in [6, 6.07) is 0.372. The van der Waals surface area contributed by atoms with Crippen LogP contribution in [0.2, 0.25) is 0 Å². The van der Waals surface area contributed by atoms with Gasteiger partial charge in [-0.2, -0.15) is 0 Å². The van der Waals surface area contributed by atoms with Gasteiger partial charge in [-0.1, -0.05) is 0 Å². The van der Waals surface area contributed by atoms with Crippen molar-refractivity contribution in [2.24, 2.45) is 0 Å². The minimum Gasteiger partial charge on any atom is -0.444 e. The molecule has 3 unspecified atom stereocenters. The van der Waals surface area contributed by atoms with E-state index in [1.54, 1.807) is 4.90 Å². The van der Waals surface area contributed by atoms with Crippen molar-refractivity contribution < 1.29 is 14.3 Å². The second kappa shape index (κ2) is 6.22. The first kappa shape index (κ1) is 16.1. The number of nitrogens with zero attached hydrogens (tertiary/aromatic N) is 1. The van der Waals surface area contributed by atoms with Gasteiger partial charge in [-0.25, -0.2) is 4.79 Å². The lowest BCUT2D eigenvalue weighted by Gasteiger charge is -2.22. The molecule has 0 aromatic heterocycles. The van der Waals surface area contributed by atoms with Crippen molar-refractivity contribution in [3.63, 3.8) is 0 Å². The third kappa shape index (κ3) is 4.59. The summed E-state index contributed by atoms with van der Waals surface area (Å²) in [4.78, 5) is 25.4. The van der Waals surface area contributed by atoms with Gasteiger partial charge < -0.3 is 20.3 Å². The molecule has 2 aliphatic rings. The summed E-state index contributed by atoms with van der Waals surface area (Å²) in [5.74, 6) is 0.179. The van der Waals surface area contributed by atoms with Gasteiger partial charge in [-0.3, -0.25) is 4.79 Å². The highest BCUT2D eigenvalue weighted by molar-refractivity contribution is 5.83. The molecule has 0 aromatic carbocycles. The molecule has 2 amide bonds. The highest BCUT2D eigenvalue weighted by Gasteiger charge is 2.34. The minimum atomic E-state index is -0.471. The molecule has 0 bridgehead atoms. The number of ether oxygens (including phenoxy) is 1. The smallest absolute Gasteiger partial charge is 0.407 e. The van der Waals surface area contributed by atoms with E-state index in [1.165, 1.54) is 0 Å². The summed E-state index contributed by atoms with van der Waals surface area (Å²) in [5.41, 5.74) is -0.471. The summed E-state index contributed by atoms with van der Waals surface area (Å²) in [7, 11) is 1.84. The number of likely N-dealkylation sites (tertiary alicyclic amines) is 1. The van der Waals surface area contributed by atoms with Crippen LogP contribution in [0, 0.1) is 0 Å². The Bertz CT molecular complexity index is 405. The average molecular weight is 297 g/mol. The zero-order valence-electron chi connectivity index (χ0n) is 13.4. The lowest BCUT2D eigenvalue weighted by molar-refractivity contribution is -0.128. The molecule has 6 nitrogen and oxygen atoms in total. The predicted octanol–water partition coefficient (Wildman–Crippen LogP) is 1.25. The predicted molar refractivity (Wildman–Crippen MR) is 80.0 cm³/mol. The van der Waals surface area contributed by atoms with Crippen LogP contribution < -0.4 is 10.6 Å². The van der Waals surface area contributed by atoms with Crippen molar-refractivity contribution in [2.45, 2.75) is 70.2 Å². The largest absolute Gasteiger partial charge is 0.444 e. The molecule has 1 saturated carbocycles.